The molecule has 1 saturated heterocycles. The van der Waals surface area contributed by atoms with E-state index < -0.39 is 7.12 Å². The molecule has 0 bridgehead atoms. The fraction of sp³-hybridized carbons (Fsp3) is 0.533. The number of nitrogen functional groups attached to an aromatic ring is 1. The Hall–Kier alpha value is -1.24. The van der Waals surface area contributed by atoms with Crippen molar-refractivity contribution in [3.05, 3.63) is 17.2 Å². The van der Waals surface area contributed by atoms with Crippen molar-refractivity contribution >= 4 is 41.2 Å². The fourth-order valence-electron chi connectivity index (χ4n) is 2.69. The van der Waals surface area contributed by atoms with Gasteiger partial charge >= 0.3 is 7.12 Å². The molecule has 2 N–H and O–H groups in total. The predicted octanol–water partition coefficient (Wildman–Crippen LogP) is 2.59. The number of nitrogens with two attached hydrogens (primary N) is 1. The zero-order chi connectivity index (χ0) is 16.3. The van der Waals surface area contributed by atoms with Gasteiger partial charge in [0.1, 0.15) is 0 Å². The van der Waals surface area contributed by atoms with Gasteiger partial charge in [0.2, 0.25) is 5.95 Å². The summed E-state index contributed by atoms with van der Waals surface area (Å²) in [4.78, 5) is 4.39. The van der Waals surface area contributed by atoms with Crippen LogP contribution in [0.4, 0.5) is 5.95 Å². The van der Waals surface area contributed by atoms with Crippen LogP contribution in [0.5, 0.6) is 0 Å². The molecule has 0 spiro atoms. The Balaban J connectivity index is 2.07. The van der Waals surface area contributed by atoms with E-state index in [0.29, 0.717) is 11.0 Å². The van der Waals surface area contributed by atoms with Gasteiger partial charge in [-0.05, 0) is 52.2 Å². The molecular weight excluding hydrogens is 300 g/mol. The largest absolute Gasteiger partial charge is 0.494 e. The lowest BCUT2D eigenvalue weighted by molar-refractivity contribution is 0.00578. The summed E-state index contributed by atoms with van der Waals surface area (Å²) in [6.07, 6.45) is 0. The summed E-state index contributed by atoms with van der Waals surface area (Å²) in [6.45, 7) is 10.8. The van der Waals surface area contributed by atoms with Crippen LogP contribution in [0.3, 0.4) is 0 Å². The maximum Gasteiger partial charge on any atom is 0.494 e. The first-order valence-electron chi connectivity index (χ1n) is 7.47. The van der Waals surface area contributed by atoms with E-state index in [4.69, 9.17) is 26.6 Å². The first-order chi connectivity index (χ1) is 10.2. The minimum Gasteiger partial charge on any atom is -0.399 e. The minimum atomic E-state index is -0.458. The number of aryl methyl sites for hydroxylation is 1. The summed E-state index contributed by atoms with van der Waals surface area (Å²) in [5, 5.41) is 0.605. The molecule has 1 aromatic heterocycles. The smallest absolute Gasteiger partial charge is 0.399 e. The molecule has 3 rings (SSSR count). The van der Waals surface area contributed by atoms with Gasteiger partial charge in [-0.2, -0.15) is 0 Å². The Morgan fingerprint density at radius 1 is 1.23 bits per heavy atom. The lowest BCUT2D eigenvalue weighted by Crippen LogP contribution is -2.41. The molecule has 1 aliphatic rings. The summed E-state index contributed by atoms with van der Waals surface area (Å²) in [7, 11) is -0.458. The van der Waals surface area contributed by atoms with Crippen molar-refractivity contribution in [2.45, 2.75) is 52.4 Å². The normalized spacial score (nSPS) is 20.0. The number of halogens is 1. The molecule has 118 valence electrons. The number of anilines is 1. The van der Waals surface area contributed by atoms with Crippen LogP contribution in [0.2, 0.25) is 5.02 Å². The Bertz CT molecular complexity index is 726. The van der Waals surface area contributed by atoms with Crippen LogP contribution in [0.25, 0.3) is 11.0 Å². The number of rotatable bonds is 2. The average molecular weight is 322 g/mol. The third-order valence-electron chi connectivity index (χ3n) is 4.69. The number of benzene rings is 1. The number of aromatic nitrogens is 2. The fourth-order valence-corrected chi connectivity index (χ4v) is 3.02. The van der Waals surface area contributed by atoms with Crippen LogP contribution in [-0.2, 0) is 15.9 Å². The predicted molar refractivity (Wildman–Crippen MR) is 90.5 cm³/mol. The Morgan fingerprint density at radius 2 is 1.82 bits per heavy atom. The van der Waals surface area contributed by atoms with E-state index in [-0.39, 0.29) is 11.2 Å². The van der Waals surface area contributed by atoms with E-state index in [9.17, 15) is 0 Å². The van der Waals surface area contributed by atoms with Gasteiger partial charge in [-0.3, -0.25) is 0 Å². The van der Waals surface area contributed by atoms with Crippen molar-refractivity contribution in [3.63, 3.8) is 0 Å². The van der Waals surface area contributed by atoms with Crippen LogP contribution in [0.15, 0.2) is 12.1 Å². The second-order valence-corrected chi connectivity index (χ2v) is 7.08. The first-order valence-corrected chi connectivity index (χ1v) is 7.85. The number of hydrogen-bond acceptors (Lipinski definition) is 4. The molecule has 0 aliphatic carbocycles. The van der Waals surface area contributed by atoms with Gasteiger partial charge in [-0.1, -0.05) is 11.6 Å². The first kappa shape index (κ1) is 15.7. The highest BCUT2D eigenvalue weighted by molar-refractivity contribution is 6.62. The highest BCUT2D eigenvalue weighted by Crippen LogP contribution is 2.37. The Kier molecular flexibility index (Phi) is 3.47. The minimum absolute atomic E-state index is 0.388. The Morgan fingerprint density at radius 3 is 2.36 bits per heavy atom. The van der Waals surface area contributed by atoms with E-state index in [1.54, 1.807) is 0 Å². The van der Waals surface area contributed by atoms with Gasteiger partial charge < -0.3 is 19.6 Å². The quantitative estimate of drug-likeness (QED) is 0.864. The van der Waals surface area contributed by atoms with E-state index in [2.05, 4.69) is 4.98 Å². The van der Waals surface area contributed by atoms with Crippen molar-refractivity contribution in [2.24, 2.45) is 0 Å². The maximum absolute atomic E-state index is 6.45. The third kappa shape index (κ3) is 2.21. The molecule has 1 aromatic carbocycles. The van der Waals surface area contributed by atoms with Crippen molar-refractivity contribution < 1.29 is 9.31 Å². The van der Waals surface area contributed by atoms with E-state index in [1.165, 1.54) is 0 Å². The standard InChI is InChI=1S/C15H21BClN3O2/c1-6-20-12-10(17)7-9(8-11(12)19-13(20)18)16-21-14(2,3)15(4,5)22-16/h7-8H,6H2,1-5H3,(H2,18,19). The zero-order valence-corrected chi connectivity index (χ0v) is 14.4. The topological polar surface area (TPSA) is 62.3 Å². The van der Waals surface area contributed by atoms with Gasteiger partial charge in [0.15, 0.2) is 0 Å². The highest BCUT2D eigenvalue weighted by atomic mass is 35.5. The summed E-state index contributed by atoms with van der Waals surface area (Å²) in [6, 6.07) is 3.81. The maximum atomic E-state index is 6.45. The van der Waals surface area contributed by atoms with Crippen molar-refractivity contribution in [3.8, 4) is 0 Å². The molecule has 1 fully saturated rings. The lowest BCUT2D eigenvalue weighted by atomic mass is 9.79. The van der Waals surface area contributed by atoms with Gasteiger partial charge in [-0.25, -0.2) is 4.98 Å². The van der Waals surface area contributed by atoms with Crippen LogP contribution in [0, 0.1) is 0 Å². The molecule has 0 amide bonds. The molecule has 7 heteroatoms. The van der Waals surface area contributed by atoms with E-state index >= 15 is 0 Å². The van der Waals surface area contributed by atoms with Crippen LogP contribution < -0.4 is 11.2 Å². The van der Waals surface area contributed by atoms with Crippen molar-refractivity contribution in [1.29, 1.82) is 0 Å². The van der Waals surface area contributed by atoms with Crippen LogP contribution in [0.1, 0.15) is 34.6 Å². The molecule has 2 heterocycles. The second kappa shape index (κ2) is 4.88. The van der Waals surface area contributed by atoms with Gasteiger partial charge in [0.05, 0.1) is 27.3 Å². The van der Waals surface area contributed by atoms with Gasteiger partial charge in [-0.15, -0.1) is 0 Å². The van der Waals surface area contributed by atoms with E-state index in [0.717, 1.165) is 23.0 Å². The molecule has 0 saturated carbocycles. The Labute approximate surface area is 135 Å². The second-order valence-electron chi connectivity index (χ2n) is 6.67. The average Bonchev–Trinajstić information content (AvgIpc) is 2.83. The van der Waals surface area contributed by atoms with Gasteiger partial charge in [0, 0.05) is 6.54 Å². The number of hydrogen-bond donors (Lipinski definition) is 1. The SMILES string of the molecule is CCn1c(N)nc2cc(B3OC(C)(C)C(C)(C)O3)cc(Cl)c21. The number of nitrogens with zero attached hydrogens (tertiary/aromatic N) is 2. The summed E-state index contributed by atoms with van der Waals surface area (Å²) < 4.78 is 14.0. The van der Waals surface area contributed by atoms with E-state index in [1.807, 2.05) is 51.3 Å². The summed E-state index contributed by atoms with van der Waals surface area (Å²) in [5.41, 5.74) is 7.65. The molecule has 2 aromatic rings. The number of fused-ring (bicyclic) bond motifs is 1. The highest BCUT2D eigenvalue weighted by Gasteiger charge is 2.51. The van der Waals surface area contributed by atoms with Gasteiger partial charge in [0.25, 0.3) is 0 Å². The summed E-state index contributed by atoms with van der Waals surface area (Å²) in [5.74, 6) is 0.463. The molecule has 0 radical (unpaired) electrons. The summed E-state index contributed by atoms with van der Waals surface area (Å²) >= 11 is 6.45. The molecule has 0 atom stereocenters. The molecule has 5 nitrogen and oxygen atoms in total. The van der Waals surface area contributed by atoms with Crippen LogP contribution >= 0.6 is 11.6 Å². The molecule has 1 aliphatic heterocycles. The molecule has 0 unspecified atom stereocenters. The zero-order valence-electron chi connectivity index (χ0n) is 13.6. The monoisotopic (exact) mass is 321 g/mol. The van der Waals surface area contributed by atoms with Crippen LogP contribution in [-0.4, -0.2) is 27.9 Å². The molecule has 22 heavy (non-hydrogen) atoms. The molecular formula is C15H21BClN3O2. The van der Waals surface area contributed by atoms with Crippen molar-refractivity contribution in [1.82, 2.24) is 9.55 Å². The number of imidazole rings is 1. The van der Waals surface area contributed by atoms with Crippen molar-refractivity contribution in [2.75, 3.05) is 5.73 Å². The lowest BCUT2D eigenvalue weighted by Gasteiger charge is -2.32. The third-order valence-corrected chi connectivity index (χ3v) is 4.98.